The Hall–Kier alpha value is -1.88. The molecular formula is C16H16ClFN2O2. The van der Waals surface area contributed by atoms with Gasteiger partial charge >= 0.3 is 0 Å². The number of amides is 2. The Bertz CT molecular complexity index is 660. The van der Waals surface area contributed by atoms with Gasteiger partial charge in [-0.2, -0.15) is 0 Å². The molecule has 6 heteroatoms. The molecular weight excluding hydrogens is 307 g/mol. The number of alkyl halides is 1. The minimum absolute atomic E-state index is 0.00483. The van der Waals surface area contributed by atoms with Crippen LogP contribution in [0.15, 0.2) is 30.0 Å². The van der Waals surface area contributed by atoms with Gasteiger partial charge in [-0.25, -0.2) is 4.39 Å². The van der Waals surface area contributed by atoms with Gasteiger partial charge < -0.3 is 10.2 Å². The van der Waals surface area contributed by atoms with E-state index in [1.807, 2.05) is 6.08 Å². The molecule has 0 fully saturated rings. The lowest BCUT2D eigenvalue weighted by Crippen LogP contribution is -2.36. The number of fused-ring (bicyclic) bond motifs is 3. The fraction of sp³-hybridized carbons (Fsp3) is 0.375. The summed E-state index contributed by atoms with van der Waals surface area (Å²) in [6.07, 6.45) is 2.84. The van der Waals surface area contributed by atoms with E-state index in [1.165, 1.54) is 12.1 Å². The van der Waals surface area contributed by atoms with Gasteiger partial charge in [-0.1, -0.05) is 12.1 Å². The zero-order valence-corrected chi connectivity index (χ0v) is 12.7. The van der Waals surface area contributed by atoms with Gasteiger partial charge in [0.25, 0.3) is 5.91 Å². The van der Waals surface area contributed by atoms with Crippen molar-refractivity contribution in [2.45, 2.75) is 18.8 Å². The van der Waals surface area contributed by atoms with Gasteiger partial charge in [0, 0.05) is 49.0 Å². The van der Waals surface area contributed by atoms with Crippen LogP contribution in [0.25, 0.3) is 0 Å². The Morgan fingerprint density at radius 3 is 3.05 bits per heavy atom. The first-order valence-electron chi connectivity index (χ1n) is 7.23. The van der Waals surface area contributed by atoms with E-state index in [9.17, 15) is 14.0 Å². The van der Waals surface area contributed by atoms with Crippen molar-refractivity contribution in [1.29, 1.82) is 0 Å². The first kappa shape index (κ1) is 15.0. The average molecular weight is 323 g/mol. The van der Waals surface area contributed by atoms with Crippen LogP contribution in [0.3, 0.4) is 0 Å². The zero-order valence-electron chi connectivity index (χ0n) is 11.9. The molecule has 0 saturated carbocycles. The topological polar surface area (TPSA) is 49.4 Å². The summed E-state index contributed by atoms with van der Waals surface area (Å²) >= 11 is 5.65. The number of nitrogens with zero attached hydrogens (tertiary/aromatic N) is 1. The summed E-state index contributed by atoms with van der Waals surface area (Å²) in [7, 11) is 0. The van der Waals surface area contributed by atoms with Crippen molar-refractivity contribution >= 4 is 23.4 Å². The Kier molecular flexibility index (Phi) is 4.16. The molecule has 0 spiro atoms. The first-order chi connectivity index (χ1) is 10.6. The summed E-state index contributed by atoms with van der Waals surface area (Å²) in [5.74, 6) is -0.553. The molecule has 0 saturated heterocycles. The zero-order chi connectivity index (χ0) is 15.7. The van der Waals surface area contributed by atoms with E-state index in [1.54, 1.807) is 11.0 Å². The second kappa shape index (κ2) is 6.08. The molecule has 1 aromatic rings. The number of nitrogens with one attached hydrogen (secondary N) is 1. The lowest BCUT2D eigenvalue weighted by molar-refractivity contribution is -0.130. The van der Waals surface area contributed by atoms with Gasteiger partial charge in [-0.05, 0) is 17.7 Å². The molecule has 4 nitrogen and oxygen atoms in total. The van der Waals surface area contributed by atoms with Crippen LogP contribution < -0.4 is 5.32 Å². The summed E-state index contributed by atoms with van der Waals surface area (Å²) < 4.78 is 13.5. The number of halogens is 2. The van der Waals surface area contributed by atoms with Crippen LogP contribution in [-0.4, -0.2) is 35.7 Å². The summed E-state index contributed by atoms with van der Waals surface area (Å²) in [4.78, 5) is 26.1. The van der Waals surface area contributed by atoms with Crippen LogP contribution in [0.5, 0.6) is 0 Å². The van der Waals surface area contributed by atoms with Crippen molar-refractivity contribution in [3.63, 3.8) is 0 Å². The molecule has 1 unspecified atom stereocenters. The quantitative estimate of drug-likeness (QED) is 0.850. The third-order valence-corrected chi connectivity index (χ3v) is 4.25. The molecule has 2 amide bonds. The number of rotatable bonds is 2. The lowest BCUT2D eigenvalue weighted by atomic mass is 9.93. The van der Waals surface area contributed by atoms with Crippen molar-refractivity contribution in [2.75, 3.05) is 19.0 Å². The summed E-state index contributed by atoms with van der Waals surface area (Å²) in [6.45, 7) is 1.03. The average Bonchev–Trinajstić information content (AvgIpc) is 2.76. The molecule has 3 rings (SSSR count). The van der Waals surface area contributed by atoms with E-state index in [2.05, 4.69) is 5.32 Å². The maximum absolute atomic E-state index is 13.5. The number of carbonyl (C=O) groups is 2. The maximum atomic E-state index is 13.5. The first-order valence-corrected chi connectivity index (χ1v) is 7.77. The monoisotopic (exact) mass is 322 g/mol. The predicted octanol–water partition coefficient (Wildman–Crippen LogP) is 2.40. The van der Waals surface area contributed by atoms with Crippen LogP contribution in [0, 0.1) is 5.82 Å². The normalized spacial score (nSPS) is 20.5. The van der Waals surface area contributed by atoms with Gasteiger partial charge in [0.05, 0.1) is 0 Å². The molecule has 2 bridgehead atoms. The van der Waals surface area contributed by atoms with E-state index in [0.717, 1.165) is 11.3 Å². The smallest absolute Gasteiger partial charge is 0.255 e. The molecule has 1 N–H and O–H groups in total. The highest BCUT2D eigenvalue weighted by Crippen LogP contribution is 2.30. The van der Waals surface area contributed by atoms with Crippen LogP contribution in [-0.2, 0) is 4.79 Å². The molecule has 0 aliphatic carbocycles. The Morgan fingerprint density at radius 1 is 1.45 bits per heavy atom. The van der Waals surface area contributed by atoms with Crippen LogP contribution in [0.4, 0.5) is 4.39 Å². The largest absolute Gasteiger partial charge is 0.341 e. The Morgan fingerprint density at radius 2 is 2.27 bits per heavy atom. The van der Waals surface area contributed by atoms with Gasteiger partial charge in [0.1, 0.15) is 5.82 Å². The third-order valence-electron chi connectivity index (χ3n) is 4.07. The van der Waals surface area contributed by atoms with Gasteiger partial charge in [-0.15, -0.1) is 11.6 Å². The van der Waals surface area contributed by atoms with Crippen molar-refractivity contribution in [1.82, 2.24) is 10.2 Å². The van der Waals surface area contributed by atoms with E-state index in [0.29, 0.717) is 37.4 Å². The molecule has 0 radical (unpaired) electrons. The molecule has 1 aromatic carbocycles. The minimum Gasteiger partial charge on any atom is -0.341 e. The second-order valence-electron chi connectivity index (χ2n) is 5.51. The van der Waals surface area contributed by atoms with Crippen LogP contribution in [0.1, 0.15) is 34.7 Å². The Balaban J connectivity index is 1.96. The van der Waals surface area contributed by atoms with E-state index in [4.69, 9.17) is 11.6 Å². The number of hydrogen-bond acceptors (Lipinski definition) is 2. The standard InChI is InChI=1S/C16H16ClFN2O2/c17-5-3-15(21)20-6-4-12-7-10(9-20)13-2-1-11(18)8-14(13)16(22)19-12/h1-2,7-8,10H,3-6,9H2,(H,19,22). The van der Waals surface area contributed by atoms with Crippen LogP contribution >= 0.6 is 11.6 Å². The highest BCUT2D eigenvalue weighted by Gasteiger charge is 2.29. The fourth-order valence-electron chi connectivity index (χ4n) is 2.98. The molecule has 1 atom stereocenters. The van der Waals surface area contributed by atoms with Gasteiger partial charge in [0.2, 0.25) is 5.91 Å². The van der Waals surface area contributed by atoms with Crippen LogP contribution in [0.2, 0.25) is 0 Å². The van der Waals surface area contributed by atoms with Crippen molar-refractivity contribution in [2.24, 2.45) is 0 Å². The molecule has 0 aromatic heterocycles. The SMILES string of the molecule is O=C1NC2=CC(CN(C(=O)CCCl)CC2)c2ccc(F)cc21. The number of benzene rings is 1. The summed E-state index contributed by atoms with van der Waals surface area (Å²) in [6, 6.07) is 4.23. The Labute approximate surface area is 132 Å². The maximum Gasteiger partial charge on any atom is 0.255 e. The molecule has 2 aliphatic rings. The van der Waals surface area contributed by atoms with E-state index < -0.39 is 5.82 Å². The fourth-order valence-corrected chi connectivity index (χ4v) is 3.14. The van der Waals surface area contributed by atoms with Gasteiger partial charge in [-0.3, -0.25) is 9.59 Å². The number of carbonyl (C=O) groups excluding carboxylic acids is 2. The molecule has 22 heavy (non-hydrogen) atoms. The van der Waals surface area contributed by atoms with E-state index >= 15 is 0 Å². The molecule has 2 aliphatic heterocycles. The van der Waals surface area contributed by atoms with Crippen molar-refractivity contribution < 1.29 is 14.0 Å². The third kappa shape index (κ3) is 2.86. The van der Waals surface area contributed by atoms with E-state index in [-0.39, 0.29) is 17.7 Å². The minimum atomic E-state index is -0.441. The highest BCUT2D eigenvalue weighted by molar-refractivity contribution is 6.18. The predicted molar refractivity (Wildman–Crippen MR) is 81.2 cm³/mol. The molecule has 116 valence electrons. The summed E-state index contributed by atoms with van der Waals surface area (Å²) in [5, 5.41) is 2.82. The van der Waals surface area contributed by atoms with Gasteiger partial charge in [0.15, 0.2) is 0 Å². The lowest BCUT2D eigenvalue weighted by Gasteiger charge is -2.25. The van der Waals surface area contributed by atoms with Crippen molar-refractivity contribution in [3.05, 3.63) is 46.9 Å². The number of hydrogen-bond donors (Lipinski definition) is 1. The molecule has 2 heterocycles. The summed E-state index contributed by atoms with van der Waals surface area (Å²) in [5.41, 5.74) is 1.87. The van der Waals surface area contributed by atoms with Crippen molar-refractivity contribution in [3.8, 4) is 0 Å². The second-order valence-corrected chi connectivity index (χ2v) is 5.89. The highest BCUT2D eigenvalue weighted by atomic mass is 35.5.